The van der Waals surface area contributed by atoms with Crippen molar-refractivity contribution in [3.63, 3.8) is 0 Å². The lowest BCUT2D eigenvalue weighted by atomic mass is 10.1. The summed E-state index contributed by atoms with van der Waals surface area (Å²) in [5.74, 6) is -1.13. The van der Waals surface area contributed by atoms with Crippen molar-refractivity contribution in [3.05, 3.63) is 64.4 Å². The number of rotatable bonds is 7. The van der Waals surface area contributed by atoms with Crippen LogP contribution >= 0.6 is 11.6 Å². The van der Waals surface area contributed by atoms with E-state index in [1.54, 1.807) is 0 Å². The number of halogens is 5. The molecule has 0 radical (unpaired) electrons. The highest BCUT2D eigenvalue weighted by Crippen LogP contribution is 2.36. The van der Waals surface area contributed by atoms with Crippen molar-refractivity contribution < 1.29 is 30.8 Å². The van der Waals surface area contributed by atoms with Crippen LogP contribution in [0.1, 0.15) is 11.1 Å². The van der Waals surface area contributed by atoms with Crippen LogP contribution in [0.5, 0.6) is 0 Å². The lowest BCUT2D eigenvalue weighted by Gasteiger charge is -2.24. The molecule has 0 fully saturated rings. The van der Waals surface area contributed by atoms with Gasteiger partial charge < -0.3 is 5.32 Å². The van der Waals surface area contributed by atoms with E-state index in [0.717, 1.165) is 24.0 Å². The van der Waals surface area contributed by atoms with Gasteiger partial charge >= 0.3 is 6.18 Å². The van der Waals surface area contributed by atoms with Crippen molar-refractivity contribution in [2.75, 3.05) is 23.7 Å². The Kier molecular flexibility index (Phi) is 7.12. The molecule has 2 aromatic rings. The second-order valence-corrected chi connectivity index (χ2v) is 8.47. The Labute approximate surface area is 170 Å². The second-order valence-electron chi connectivity index (χ2n) is 6.16. The molecule has 0 saturated carbocycles. The van der Waals surface area contributed by atoms with Crippen molar-refractivity contribution in [1.82, 2.24) is 5.32 Å². The predicted octanol–water partition coefficient (Wildman–Crippen LogP) is 3.62. The van der Waals surface area contributed by atoms with E-state index in [1.165, 1.54) is 24.3 Å². The molecule has 29 heavy (non-hydrogen) atoms. The topological polar surface area (TPSA) is 66.5 Å². The van der Waals surface area contributed by atoms with Gasteiger partial charge in [0.25, 0.3) is 0 Å². The van der Waals surface area contributed by atoms with Gasteiger partial charge in [0.05, 0.1) is 22.5 Å². The van der Waals surface area contributed by atoms with Crippen LogP contribution in [0.4, 0.5) is 23.2 Å². The van der Waals surface area contributed by atoms with Crippen LogP contribution in [0.3, 0.4) is 0 Å². The lowest BCUT2D eigenvalue weighted by Crippen LogP contribution is -2.41. The summed E-state index contributed by atoms with van der Waals surface area (Å²) < 4.78 is 76.4. The lowest BCUT2D eigenvalue weighted by molar-refractivity contribution is -0.137. The van der Waals surface area contributed by atoms with Crippen LogP contribution < -0.4 is 9.62 Å². The van der Waals surface area contributed by atoms with Crippen LogP contribution in [0.15, 0.2) is 42.5 Å². The number of carbonyl (C=O) groups excluding carboxylic acids is 1. The van der Waals surface area contributed by atoms with Gasteiger partial charge in [-0.3, -0.25) is 9.10 Å². The number of carbonyl (C=O) groups is 1. The van der Waals surface area contributed by atoms with Gasteiger partial charge in [0.2, 0.25) is 15.9 Å². The number of nitrogens with one attached hydrogen (secondary N) is 1. The number of hydrogen-bond donors (Lipinski definition) is 1. The van der Waals surface area contributed by atoms with E-state index in [2.05, 4.69) is 5.32 Å². The molecule has 0 aliphatic carbocycles. The third-order valence-electron chi connectivity index (χ3n) is 3.88. The standard InChI is InChI=1S/C18H17ClF4N2O3S/c1-29(27,28)25(16-10-13(18(21,22)23)4-7-15(16)19)11-17(26)24-9-8-12-2-5-14(20)6-3-12/h2-7,10H,8-9,11H2,1H3,(H,24,26). The fourth-order valence-electron chi connectivity index (χ4n) is 2.44. The average molecular weight is 453 g/mol. The number of sulfonamides is 1. The molecule has 0 bridgehead atoms. The molecule has 5 nitrogen and oxygen atoms in total. The van der Waals surface area contributed by atoms with E-state index in [1.807, 2.05) is 0 Å². The maximum Gasteiger partial charge on any atom is 0.416 e. The summed E-state index contributed by atoms with van der Waals surface area (Å²) in [7, 11) is -4.10. The minimum atomic E-state index is -4.71. The maximum atomic E-state index is 13.0. The zero-order valence-corrected chi connectivity index (χ0v) is 16.7. The molecule has 0 atom stereocenters. The van der Waals surface area contributed by atoms with Gasteiger partial charge in [-0.15, -0.1) is 0 Å². The van der Waals surface area contributed by atoms with Crippen molar-refractivity contribution >= 4 is 33.2 Å². The smallest absolute Gasteiger partial charge is 0.354 e. The van der Waals surface area contributed by atoms with Gasteiger partial charge in [0.15, 0.2) is 0 Å². The highest BCUT2D eigenvalue weighted by Gasteiger charge is 2.33. The van der Waals surface area contributed by atoms with Crippen molar-refractivity contribution in [2.24, 2.45) is 0 Å². The molecule has 11 heteroatoms. The van der Waals surface area contributed by atoms with Gasteiger partial charge in [-0.2, -0.15) is 13.2 Å². The van der Waals surface area contributed by atoms with Crippen LogP contribution in [-0.2, 0) is 27.4 Å². The molecular formula is C18H17ClF4N2O3S. The molecule has 2 rings (SSSR count). The highest BCUT2D eigenvalue weighted by atomic mass is 35.5. The molecule has 0 aliphatic heterocycles. The largest absolute Gasteiger partial charge is 0.416 e. The van der Waals surface area contributed by atoms with E-state index in [0.29, 0.717) is 16.8 Å². The summed E-state index contributed by atoms with van der Waals surface area (Å²) in [6, 6.07) is 7.81. The number of alkyl halides is 3. The quantitative estimate of drug-likeness (QED) is 0.652. The van der Waals surface area contributed by atoms with Gasteiger partial charge in [0.1, 0.15) is 12.4 Å². The van der Waals surface area contributed by atoms with Crippen LogP contribution in [-0.4, -0.2) is 33.7 Å². The van der Waals surface area contributed by atoms with E-state index in [-0.39, 0.29) is 11.6 Å². The second kappa shape index (κ2) is 9.00. The van der Waals surface area contributed by atoms with E-state index >= 15 is 0 Å². The first-order valence-electron chi connectivity index (χ1n) is 8.23. The fourth-order valence-corrected chi connectivity index (χ4v) is 3.57. The Morgan fingerprint density at radius 3 is 2.31 bits per heavy atom. The molecule has 0 aromatic heterocycles. The Morgan fingerprint density at radius 2 is 1.76 bits per heavy atom. The van der Waals surface area contributed by atoms with Crippen molar-refractivity contribution in [2.45, 2.75) is 12.6 Å². The molecule has 158 valence electrons. The Morgan fingerprint density at radius 1 is 1.14 bits per heavy atom. The molecule has 0 spiro atoms. The molecule has 0 saturated heterocycles. The first-order chi connectivity index (χ1) is 13.4. The van der Waals surface area contributed by atoms with Crippen LogP contribution in [0.25, 0.3) is 0 Å². The van der Waals surface area contributed by atoms with Crippen molar-refractivity contribution in [1.29, 1.82) is 0 Å². The fraction of sp³-hybridized carbons (Fsp3) is 0.278. The minimum absolute atomic E-state index is 0.123. The number of benzene rings is 2. The third-order valence-corrected chi connectivity index (χ3v) is 5.32. The highest BCUT2D eigenvalue weighted by molar-refractivity contribution is 7.92. The Bertz CT molecular complexity index is 980. The molecular weight excluding hydrogens is 436 g/mol. The van der Waals surface area contributed by atoms with Gasteiger partial charge in [-0.25, -0.2) is 12.8 Å². The molecule has 0 aliphatic rings. The number of amides is 1. The van der Waals surface area contributed by atoms with E-state index in [4.69, 9.17) is 11.6 Å². The van der Waals surface area contributed by atoms with Gasteiger partial charge in [-0.1, -0.05) is 23.7 Å². The number of hydrogen-bond acceptors (Lipinski definition) is 3. The first-order valence-corrected chi connectivity index (χ1v) is 10.5. The summed E-state index contributed by atoms with van der Waals surface area (Å²) in [5, 5.41) is 2.23. The monoisotopic (exact) mass is 452 g/mol. The van der Waals surface area contributed by atoms with Gasteiger partial charge in [0, 0.05) is 6.54 Å². The molecule has 0 heterocycles. The summed E-state index contributed by atoms with van der Waals surface area (Å²) in [5.41, 5.74) is -0.799. The summed E-state index contributed by atoms with van der Waals surface area (Å²) in [4.78, 5) is 12.2. The van der Waals surface area contributed by atoms with Crippen LogP contribution in [0.2, 0.25) is 5.02 Å². The van der Waals surface area contributed by atoms with Crippen molar-refractivity contribution in [3.8, 4) is 0 Å². The SMILES string of the molecule is CS(=O)(=O)N(CC(=O)NCCc1ccc(F)cc1)c1cc(C(F)(F)F)ccc1Cl. The number of anilines is 1. The Balaban J connectivity index is 2.13. The first kappa shape index (κ1) is 23.0. The number of nitrogens with zero attached hydrogens (tertiary/aromatic N) is 1. The molecule has 1 amide bonds. The minimum Gasteiger partial charge on any atom is -0.354 e. The summed E-state index contributed by atoms with van der Waals surface area (Å²) in [6.07, 6.45) is -3.59. The molecule has 1 N–H and O–H groups in total. The Hall–Kier alpha value is -2.33. The molecule has 0 unspecified atom stereocenters. The molecule has 2 aromatic carbocycles. The van der Waals surface area contributed by atoms with Gasteiger partial charge in [-0.05, 0) is 42.3 Å². The third kappa shape index (κ3) is 6.60. The average Bonchev–Trinajstić information content (AvgIpc) is 2.60. The maximum absolute atomic E-state index is 13.0. The van der Waals surface area contributed by atoms with E-state index in [9.17, 15) is 30.8 Å². The van der Waals surface area contributed by atoms with E-state index < -0.39 is 45.7 Å². The summed E-state index contributed by atoms with van der Waals surface area (Å²) in [6.45, 7) is -0.623. The summed E-state index contributed by atoms with van der Waals surface area (Å²) >= 11 is 5.89. The zero-order chi connectivity index (χ0) is 21.8. The predicted molar refractivity (Wildman–Crippen MR) is 102 cm³/mol. The van der Waals surface area contributed by atoms with Crippen LogP contribution in [0, 0.1) is 5.82 Å². The zero-order valence-electron chi connectivity index (χ0n) is 15.1. The normalized spacial score (nSPS) is 11.9.